The van der Waals surface area contributed by atoms with E-state index in [4.69, 9.17) is 37.9 Å². The summed E-state index contributed by atoms with van der Waals surface area (Å²) < 4.78 is 51.2. The van der Waals surface area contributed by atoms with Crippen LogP contribution < -0.4 is 5.32 Å². The first-order valence-electron chi connectivity index (χ1n) is 24.9. The lowest BCUT2D eigenvalue weighted by Crippen LogP contribution is -2.65. The zero-order valence-corrected chi connectivity index (χ0v) is 41.2. The highest BCUT2D eigenvalue weighted by atomic mass is 16.7. The van der Waals surface area contributed by atoms with Gasteiger partial charge in [-0.2, -0.15) is 0 Å². The monoisotopic (exact) mass is 988 g/mol. The topological polar surface area (TPSA) is 220 Å². The first-order chi connectivity index (χ1) is 34.9. The second-order valence-corrected chi connectivity index (χ2v) is 18.7. The van der Waals surface area contributed by atoms with Gasteiger partial charge in [-0.05, 0) is 92.1 Å². The van der Waals surface area contributed by atoms with Crippen molar-refractivity contribution in [1.29, 1.82) is 0 Å². The standard InChI is InChI=1S/C55H64N4O13/c1-6-20-42(67-51(62)37-23-14-9-15-24-37)49(60)57-41-31-34(4)45(71-54-33(3)29-30-40(7-2)66-54)44(58-59-56)48(41)72-55-47(70-53(64)39-27-18-11-19-28-39)35(5)46(69-52(63)38-25-16-10-17-26-38)43(68-55)32-65-50(61)36-21-12-8-13-22-36/h8-19,21-28,33-35,40-48,54-55H,6-7,20,29-32H2,1-5H3,(H,57,60)/t33?,34-,35-,40?,41+,42-,43?,44?,45?,46-,47?,48-,54+,55+/m0/s1. The predicted molar refractivity (Wildman–Crippen MR) is 262 cm³/mol. The molecule has 0 bridgehead atoms. The first kappa shape index (κ1) is 53.2. The van der Waals surface area contributed by atoms with Gasteiger partial charge < -0.3 is 43.2 Å². The third-order valence-corrected chi connectivity index (χ3v) is 13.5. The Balaban J connectivity index is 1.27. The number of amides is 1. The number of nitrogens with zero attached hydrogens (tertiary/aromatic N) is 3. The van der Waals surface area contributed by atoms with Crippen LogP contribution in [0.2, 0.25) is 0 Å². The van der Waals surface area contributed by atoms with Crippen LogP contribution in [0.25, 0.3) is 10.4 Å². The van der Waals surface area contributed by atoms with E-state index < -0.39 is 104 Å². The van der Waals surface area contributed by atoms with E-state index in [-0.39, 0.29) is 53.0 Å². The Kier molecular flexibility index (Phi) is 19.0. The highest BCUT2D eigenvalue weighted by Crippen LogP contribution is 2.40. The normalized spacial score (nSPS) is 28.5. The van der Waals surface area contributed by atoms with Gasteiger partial charge in [-0.1, -0.05) is 119 Å². The van der Waals surface area contributed by atoms with Gasteiger partial charge in [0.25, 0.3) is 5.91 Å². The number of nitrogens with one attached hydrogen (secondary N) is 1. The Morgan fingerprint density at radius 3 is 1.72 bits per heavy atom. The van der Waals surface area contributed by atoms with Crippen molar-refractivity contribution in [3.63, 3.8) is 0 Å². The smallest absolute Gasteiger partial charge is 0.338 e. The largest absolute Gasteiger partial charge is 0.459 e. The molecule has 2 heterocycles. The van der Waals surface area contributed by atoms with Crippen LogP contribution in [0.4, 0.5) is 0 Å². The highest BCUT2D eigenvalue weighted by Gasteiger charge is 2.54. The van der Waals surface area contributed by atoms with Gasteiger partial charge in [0.05, 0.1) is 52.6 Å². The van der Waals surface area contributed by atoms with Crippen LogP contribution in [0.1, 0.15) is 115 Å². The Labute approximate surface area is 419 Å². The Hall–Kier alpha value is -6.62. The molecule has 382 valence electrons. The van der Waals surface area contributed by atoms with Gasteiger partial charge in [-0.25, -0.2) is 19.2 Å². The van der Waals surface area contributed by atoms with Gasteiger partial charge in [0.1, 0.15) is 18.8 Å². The fraction of sp³-hybridized carbons (Fsp3) is 0.473. The molecule has 6 unspecified atom stereocenters. The van der Waals surface area contributed by atoms with E-state index in [0.29, 0.717) is 6.42 Å². The van der Waals surface area contributed by atoms with E-state index in [1.165, 1.54) is 0 Å². The highest BCUT2D eigenvalue weighted by molar-refractivity contribution is 5.92. The molecule has 72 heavy (non-hydrogen) atoms. The summed E-state index contributed by atoms with van der Waals surface area (Å²) >= 11 is 0. The number of azide groups is 1. The van der Waals surface area contributed by atoms with Crippen molar-refractivity contribution in [2.24, 2.45) is 22.9 Å². The number of esters is 4. The van der Waals surface area contributed by atoms with Crippen LogP contribution in [0.5, 0.6) is 0 Å². The summed E-state index contributed by atoms with van der Waals surface area (Å²) in [6.07, 6.45) is -6.03. The van der Waals surface area contributed by atoms with Crippen molar-refractivity contribution in [3.8, 4) is 0 Å². The number of rotatable bonds is 19. The maximum absolute atomic E-state index is 14.5. The van der Waals surface area contributed by atoms with Gasteiger partial charge in [0, 0.05) is 16.7 Å². The number of hydrogen-bond donors (Lipinski definition) is 1. The van der Waals surface area contributed by atoms with Crippen molar-refractivity contribution in [2.75, 3.05) is 6.61 Å². The van der Waals surface area contributed by atoms with Crippen LogP contribution in [0, 0.1) is 17.8 Å². The summed E-state index contributed by atoms with van der Waals surface area (Å²) in [5.41, 5.74) is 11.3. The van der Waals surface area contributed by atoms with E-state index in [2.05, 4.69) is 15.3 Å². The van der Waals surface area contributed by atoms with Gasteiger partial charge in [-0.3, -0.25) is 4.79 Å². The fourth-order valence-corrected chi connectivity index (χ4v) is 9.50. The van der Waals surface area contributed by atoms with Crippen LogP contribution in [-0.4, -0.2) is 104 Å². The molecule has 4 aromatic carbocycles. The molecule has 3 aliphatic rings. The first-order valence-corrected chi connectivity index (χ1v) is 24.9. The lowest BCUT2D eigenvalue weighted by molar-refractivity contribution is -0.311. The molecule has 17 heteroatoms. The second kappa shape index (κ2) is 25.7. The molecule has 0 aromatic heterocycles. The maximum Gasteiger partial charge on any atom is 0.338 e. The summed E-state index contributed by atoms with van der Waals surface area (Å²) in [5.74, 6) is -4.77. The molecular weight excluding hydrogens is 925 g/mol. The zero-order valence-electron chi connectivity index (χ0n) is 41.2. The molecule has 1 aliphatic carbocycles. The van der Waals surface area contributed by atoms with Crippen LogP contribution >= 0.6 is 0 Å². The maximum atomic E-state index is 14.5. The zero-order chi connectivity index (χ0) is 51.1. The summed E-state index contributed by atoms with van der Waals surface area (Å²) in [7, 11) is 0. The van der Waals surface area contributed by atoms with Gasteiger partial charge >= 0.3 is 23.9 Å². The number of hydrogen-bond acceptors (Lipinski definition) is 14. The number of carbonyl (C=O) groups is 5. The van der Waals surface area contributed by atoms with Gasteiger partial charge in [0.2, 0.25) is 0 Å². The van der Waals surface area contributed by atoms with E-state index in [9.17, 15) is 29.5 Å². The van der Waals surface area contributed by atoms with Crippen molar-refractivity contribution in [3.05, 3.63) is 154 Å². The van der Waals surface area contributed by atoms with Crippen molar-refractivity contribution in [2.45, 2.75) is 141 Å². The number of carbonyl (C=O) groups excluding carboxylic acids is 5. The lowest BCUT2D eigenvalue weighted by atomic mass is 9.78. The van der Waals surface area contributed by atoms with Crippen molar-refractivity contribution >= 4 is 29.8 Å². The number of ether oxygens (including phenoxy) is 8. The Morgan fingerprint density at radius 2 is 1.18 bits per heavy atom. The molecule has 1 saturated carbocycles. The average molecular weight is 989 g/mol. The average Bonchev–Trinajstić information content (AvgIpc) is 3.40. The molecule has 0 spiro atoms. The lowest BCUT2D eigenvalue weighted by Gasteiger charge is -2.50. The van der Waals surface area contributed by atoms with E-state index in [1.54, 1.807) is 128 Å². The van der Waals surface area contributed by atoms with Crippen LogP contribution in [0.15, 0.2) is 126 Å². The van der Waals surface area contributed by atoms with E-state index >= 15 is 0 Å². The van der Waals surface area contributed by atoms with Crippen LogP contribution in [0.3, 0.4) is 0 Å². The molecule has 1 amide bonds. The molecule has 1 N–H and O–H groups in total. The predicted octanol–water partition coefficient (Wildman–Crippen LogP) is 9.21. The van der Waals surface area contributed by atoms with E-state index in [0.717, 1.165) is 19.3 Å². The third-order valence-electron chi connectivity index (χ3n) is 13.5. The Morgan fingerprint density at radius 1 is 0.653 bits per heavy atom. The molecule has 4 aromatic rings. The fourth-order valence-electron chi connectivity index (χ4n) is 9.50. The molecule has 3 fully saturated rings. The molecule has 0 radical (unpaired) electrons. The molecular formula is C55H64N4O13. The van der Waals surface area contributed by atoms with Crippen LogP contribution in [-0.2, 0) is 42.7 Å². The molecule has 2 aliphatic heterocycles. The molecule has 17 nitrogen and oxygen atoms in total. The minimum absolute atomic E-state index is 0.0168. The molecule has 2 saturated heterocycles. The summed E-state index contributed by atoms with van der Waals surface area (Å²) in [6, 6.07) is 31.1. The van der Waals surface area contributed by atoms with Crippen molar-refractivity contribution in [1.82, 2.24) is 5.32 Å². The van der Waals surface area contributed by atoms with E-state index in [1.807, 2.05) is 27.7 Å². The van der Waals surface area contributed by atoms with Gasteiger partial charge in [-0.15, -0.1) is 0 Å². The molecule has 14 atom stereocenters. The summed E-state index contributed by atoms with van der Waals surface area (Å²) in [4.78, 5) is 72.5. The minimum Gasteiger partial charge on any atom is -0.459 e. The quantitative estimate of drug-likeness (QED) is 0.0305. The summed E-state index contributed by atoms with van der Waals surface area (Å²) in [6.45, 7) is 9.09. The van der Waals surface area contributed by atoms with Gasteiger partial charge in [0.15, 0.2) is 24.8 Å². The minimum atomic E-state index is -1.55. The Bertz CT molecular complexity index is 2460. The van der Waals surface area contributed by atoms with Crippen molar-refractivity contribution < 1.29 is 61.9 Å². The molecule has 7 rings (SSSR count). The third kappa shape index (κ3) is 13.5. The second-order valence-electron chi connectivity index (χ2n) is 18.7. The SMILES string of the molecule is CCC[C@H](OC(=O)c1ccccc1)C(=O)N[C@@H]1C[C@H](C)C(O[C@H]2OC(CC)CCC2C)C(N=[N+]=[N-])[C@H]1O[C@H]1OC(COC(=O)c2ccccc2)[C@@H](OC(=O)c2ccccc2)[C@H](C)C1OC(=O)c1ccccc1. The summed E-state index contributed by atoms with van der Waals surface area (Å²) in [5, 5.41) is 7.38. The number of benzene rings is 4.